The van der Waals surface area contributed by atoms with Crippen molar-refractivity contribution in [1.82, 2.24) is 20.0 Å². The molecule has 1 aromatic carbocycles. The Morgan fingerprint density at radius 1 is 0.964 bits per heavy atom. The predicted molar refractivity (Wildman–Crippen MR) is 113 cm³/mol. The van der Waals surface area contributed by atoms with Crippen LogP contribution in [0.5, 0.6) is 5.75 Å². The lowest BCUT2D eigenvalue weighted by Gasteiger charge is -2.34. The topological polar surface area (TPSA) is 48.1 Å². The third-order valence-corrected chi connectivity index (χ3v) is 5.85. The van der Waals surface area contributed by atoms with Gasteiger partial charge in [0.15, 0.2) is 0 Å². The second-order valence-electron chi connectivity index (χ2n) is 7.60. The summed E-state index contributed by atoms with van der Waals surface area (Å²) in [6, 6.07) is 7.61. The van der Waals surface area contributed by atoms with Gasteiger partial charge in [-0.3, -0.25) is 4.90 Å². The van der Waals surface area contributed by atoms with Crippen LogP contribution in [-0.2, 0) is 0 Å². The molecule has 7 heteroatoms. The molecule has 156 valence electrons. The molecule has 0 bridgehead atoms. The number of hydrogen-bond acceptors (Lipinski definition) is 4. The summed E-state index contributed by atoms with van der Waals surface area (Å²) >= 11 is 6.10. The van der Waals surface area contributed by atoms with Crippen molar-refractivity contribution in [3.05, 3.63) is 29.3 Å². The lowest BCUT2D eigenvalue weighted by atomic mass is 10.1. The van der Waals surface area contributed by atoms with Crippen molar-refractivity contribution in [3.8, 4) is 5.75 Å². The van der Waals surface area contributed by atoms with E-state index in [1.165, 1.54) is 32.4 Å². The van der Waals surface area contributed by atoms with Gasteiger partial charge in [0.25, 0.3) is 0 Å². The smallest absolute Gasteiger partial charge is 0.317 e. The van der Waals surface area contributed by atoms with Crippen molar-refractivity contribution in [2.24, 2.45) is 0 Å². The normalized spacial score (nSPS) is 18.8. The number of para-hydroxylation sites is 1. The maximum absolute atomic E-state index is 12.3. The standard InChI is InChI=1S/C21H33ClN4O2/c22-19-7-2-3-8-20(19)28-18-17-25-13-15-26(16-14-25)21(27)23-9-6-12-24-10-4-1-5-11-24/h2-3,7-8H,1,4-6,9-18H2,(H,23,27). The first-order valence-electron chi connectivity index (χ1n) is 10.6. The Balaban J connectivity index is 1.25. The van der Waals surface area contributed by atoms with Crippen LogP contribution in [0.2, 0.25) is 5.02 Å². The molecule has 1 N–H and O–H groups in total. The third kappa shape index (κ3) is 6.83. The average Bonchev–Trinajstić information content (AvgIpc) is 2.74. The largest absolute Gasteiger partial charge is 0.491 e. The number of carbonyl (C=O) groups excluding carboxylic acids is 1. The Bertz CT molecular complexity index is 602. The Kier molecular flexibility index (Phi) is 8.70. The van der Waals surface area contributed by atoms with E-state index in [-0.39, 0.29) is 6.03 Å². The second kappa shape index (κ2) is 11.5. The Hall–Kier alpha value is -1.50. The molecule has 2 aliphatic rings. The molecule has 0 saturated carbocycles. The van der Waals surface area contributed by atoms with Crippen LogP contribution < -0.4 is 10.1 Å². The van der Waals surface area contributed by atoms with Gasteiger partial charge in [-0.25, -0.2) is 4.79 Å². The zero-order valence-electron chi connectivity index (χ0n) is 16.7. The number of piperazine rings is 1. The van der Waals surface area contributed by atoms with Crippen LogP contribution in [0, 0.1) is 0 Å². The van der Waals surface area contributed by atoms with Crippen LogP contribution in [0.15, 0.2) is 24.3 Å². The van der Waals surface area contributed by atoms with Crippen molar-refractivity contribution in [3.63, 3.8) is 0 Å². The molecule has 0 aliphatic carbocycles. The highest BCUT2D eigenvalue weighted by Crippen LogP contribution is 2.22. The monoisotopic (exact) mass is 408 g/mol. The van der Waals surface area contributed by atoms with Gasteiger partial charge in [-0.2, -0.15) is 0 Å². The molecule has 2 fully saturated rings. The summed E-state index contributed by atoms with van der Waals surface area (Å²) in [6.45, 7) is 9.05. The van der Waals surface area contributed by atoms with Crippen LogP contribution in [0.25, 0.3) is 0 Å². The van der Waals surface area contributed by atoms with Gasteiger partial charge < -0.3 is 19.9 Å². The molecule has 2 heterocycles. The Morgan fingerprint density at radius 2 is 1.68 bits per heavy atom. The molecule has 2 saturated heterocycles. The zero-order valence-corrected chi connectivity index (χ0v) is 17.5. The first-order chi connectivity index (χ1) is 13.7. The molecule has 2 amide bonds. The van der Waals surface area contributed by atoms with E-state index in [2.05, 4.69) is 15.1 Å². The first-order valence-corrected chi connectivity index (χ1v) is 10.9. The highest BCUT2D eigenvalue weighted by molar-refractivity contribution is 6.32. The molecular formula is C21H33ClN4O2. The number of hydrogen-bond donors (Lipinski definition) is 1. The van der Waals surface area contributed by atoms with Gasteiger partial charge in [-0.05, 0) is 51.0 Å². The number of likely N-dealkylation sites (tertiary alicyclic amines) is 1. The van der Waals surface area contributed by atoms with E-state index in [1.54, 1.807) is 0 Å². The van der Waals surface area contributed by atoms with Crippen LogP contribution in [-0.4, -0.2) is 86.2 Å². The molecule has 0 aromatic heterocycles. The highest BCUT2D eigenvalue weighted by Gasteiger charge is 2.20. The summed E-state index contributed by atoms with van der Waals surface area (Å²) in [4.78, 5) is 19.1. The quantitative estimate of drug-likeness (QED) is 0.672. The van der Waals surface area contributed by atoms with Gasteiger partial charge in [0.1, 0.15) is 12.4 Å². The first kappa shape index (κ1) is 21.2. The molecule has 28 heavy (non-hydrogen) atoms. The number of benzene rings is 1. The molecule has 0 spiro atoms. The number of urea groups is 1. The van der Waals surface area contributed by atoms with Gasteiger partial charge in [-0.1, -0.05) is 30.2 Å². The van der Waals surface area contributed by atoms with E-state index in [0.29, 0.717) is 11.6 Å². The Labute approximate surface area is 173 Å². The summed E-state index contributed by atoms with van der Waals surface area (Å²) in [5.74, 6) is 0.728. The van der Waals surface area contributed by atoms with Crippen molar-refractivity contribution in [2.75, 3.05) is 65.5 Å². The summed E-state index contributed by atoms with van der Waals surface area (Å²) in [7, 11) is 0. The molecular weight excluding hydrogens is 376 g/mol. The Morgan fingerprint density at radius 3 is 2.43 bits per heavy atom. The number of ether oxygens (including phenoxy) is 1. The maximum atomic E-state index is 12.3. The number of amides is 2. The minimum absolute atomic E-state index is 0.0746. The summed E-state index contributed by atoms with van der Waals surface area (Å²) < 4.78 is 5.76. The predicted octanol–water partition coefficient (Wildman–Crippen LogP) is 2.92. The number of piperidine rings is 1. The fourth-order valence-electron chi connectivity index (χ4n) is 3.81. The van der Waals surface area contributed by atoms with Crippen LogP contribution >= 0.6 is 11.6 Å². The van der Waals surface area contributed by atoms with Crippen molar-refractivity contribution >= 4 is 17.6 Å². The van der Waals surface area contributed by atoms with E-state index in [4.69, 9.17) is 16.3 Å². The SMILES string of the molecule is O=C(NCCCN1CCCCC1)N1CCN(CCOc2ccccc2Cl)CC1. The summed E-state index contributed by atoms with van der Waals surface area (Å²) in [5, 5.41) is 3.72. The van der Waals surface area contributed by atoms with Gasteiger partial charge in [0.05, 0.1) is 5.02 Å². The molecule has 3 rings (SSSR count). The fraction of sp³-hybridized carbons (Fsp3) is 0.667. The van der Waals surface area contributed by atoms with Crippen LogP contribution in [0.3, 0.4) is 0 Å². The van der Waals surface area contributed by atoms with E-state index < -0.39 is 0 Å². The van der Waals surface area contributed by atoms with Gasteiger partial charge in [0, 0.05) is 39.3 Å². The summed E-state index contributed by atoms with van der Waals surface area (Å²) in [5.41, 5.74) is 0. The number of nitrogens with one attached hydrogen (secondary N) is 1. The van der Waals surface area contributed by atoms with E-state index in [1.807, 2.05) is 29.2 Å². The number of nitrogens with zero attached hydrogens (tertiary/aromatic N) is 3. The molecule has 0 atom stereocenters. The molecule has 0 unspecified atom stereocenters. The second-order valence-corrected chi connectivity index (χ2v) is 8.00. The van der Waals surface area contributed by atoms with E-state index in [9.17, 15) is 4.79 Å². The van der Waals surface area contributed by atoms with Crippen LogP contribution in [0.4, 0.5) is 4.79 Å². The molecule has 6 nitrogen and oxygen atoms in total. The number of rotatable bonds is 8. The van der Waals surface area contributed by atoms with Gasteiger partial charge in [0.2, 0.25) is 0 Å². The third-order valence-electron chi connectivity index (χ3n) is 5.54. The highest BCUT2D eigenvalue weighted by atomic mass is 35.5. The van der Waals surface area contributed by atoms with E-state index >= 15 is 0 Å². The van der Waals surface area contributed by atoms with Crippen molar-refractivity contribution in [1.29, 1.82) is 0 Å². The molecule has 2 aliphatic heterocycles. The molecule has 1 aromatic rings. The average molecular weight is 409 g/mol. The van der Waals surface area contributed by atoms with Crippen LogP contribution in [0.1, 0.15) is 25.7 Å². The molecule has 0 radical (unpaired) electrons. The van der Waals surface area contributed by atoms with E-state index in [0.717, 1.165) is 58.0 Å². The van der Waals surface area contributed by atoms with Crippen molar-refractivity contribution < 1.29 is 9.53 Å². The van der Waals surface area contributed by atoms with Gasteiger partial charge >= 0.3 is 6.03 Å². The minimum Gasteiger partial charge on any atom is -0.491 e. The lowest BCUT2D eigenvalue weighted by molar-refractivity contribution is 0.126. The zero-order chi connectivity index (χ0) is 19.6. The van der Waals surface area contributed by atoms with Gasteiger partial charge in [-0.15, -0.1) is 0 Å². The lowest BCUT2D eigenvalue weighted by Crippen LogP contribution is -2.52. The number of carbonyl (C=O) groups is 1. The minimum atomic E-state index is 0.0746. The fourth-order valence-corrected chi connectivity index (χ4v) is 4.00. The maximum Gasteiger partial charge on any atom is 0.317 e. The number of halogens is 1. The van der Waals surface area contributed by atoms with Crippen molar-refractivity contribution in [2.45, 2.75) is 25.7 Å². The summed E-state index contributed by atoms with van der Waals surface area (Å²) in [6.07, 6.45) is 5.04.